The number of benzene rings is 2. The minimum atomic E-state index is -4.13. The molecule has 2 heterocycles. The van der Waals surface area contributed by atoms with Gasteiger partial charge in [0.1, 0.15) is 4.70 Å². The van der Waals surface area contributed by atoms with Crippen LogP contribution in [0, 0.1) is 41.5 Å². The molecule has 0 saturated heterocycles. The molecule has 8 nitrogen and oxygen atoms in total. The Morgan fingerprint density at radius 2 is 1.37 bits per heavy atom. The Hall–Kier alpha value is -1.38. The van der Waals surface area contributed by atoms with E-state index in [4.69, 9.17) is 23.2 Å². The van der Waals surface area contributed by atoms with E-state index in [1.165, 1.54) is 0 Å². The molecular weight excluding hydrogens is 647 g/mol. The minimum absolute atomic E-state index is 0.202. The Morgan fingerprint density at radius 3 is 1.98 bits per heavy atom. The van der Waals surface area contributed by atoms with Crippen LogP contribution in [-0.4, -0.2) is 44.0 Å². The lowest BCUT2D eigenvalue weighted by Gasteiger charge is -2.23. The zero-order valence-electron chi connectivity index (χ0n) is 23.6. The number of thiazole rings is 1. The number of aromatic nitrogens is 1. The second kappa shape index (κ2) is 12.0. The van der Waals surface area contributed by atoms with Gasteiger partial charge in [-0.1, -0.05) is 46.3 Å². The van der Waals surface area contributed by atoms with Crippen LogP contribution in [0.4, 0.5) is 5.69 Å². The highest BCUT2D eigenvalue weighted by molar-refractivity contribution is 8.04. The molecule has 0 atom stereocenters. The van der Waals surface area contributed by atoms with Crippen LogP contribution in [0.1, 0.15) is 51.2 Å². The molecule has 14 heteroatoms. The van der Waals surface area contributed by atoms with Crippen molar-refractivity contribution < 1.29 is 30.5 Å². The summed E-state index contributed by atoms with van der Waals surface area (Å²) in [6.45, 7) is 12.5. The fourth-order valence-electron chi connectivity index (χ4n) is 5.15. The highest BCUT2D eigenvalue weighted by Gasteiger charge is 2.33. The highest BCUT2D eigenvalue weighted by atomic mass is 35.5. The van der Waals surface area contributed by atoms with Crippen molar-refractivity contribution in [3.8, 4) is 0 Å². The van der Waals surface area contributed by atoms with Gasteiger partial charge in [-0.15, -0.1) is 0 Å². The number of fused-ring (bicyclic) bond motifs is 2. The molecule has 1 aliphatic rings. The maximum atomic E-state index is 11.5. The monoisotopic (exact) mass is 679 g/mol. The molecule has 224 valence electrons. The predicted octanol–water partition coefficient (Wildman–Crippen LogP) is 6.81. The third-order valence-corrected chi connectivity index (χ3v) is 12.8. The van der Waals surface area contributed by atoms with Crippen LogP contribution >= 0.6 is 46.3 Å². The van der Waals surface area contributed by atoms with Crippen LogP contribution in [-0.2, 0) is 26.8 Å². The molecule has 0 radical (unpaired) electrons. The summed E-state index contributed by atoms with van der Waals surface area (Å²) in [6.07, 6.45) is 2.43. The summed E-state index contributed by atoms with van der Waals surface area (Å²) < 4.78 is 67.8. The first-order valence-corrected chi connectivity index (χ1v) is 18.5. The highest BCUT2D eigenvalue weighted by Crippen LogP contribution is 2.53. The van der Waals surface area contributed by atoms with E-state index in [2.05, 4.69) is 0 Å². The molecule has 2 N–H and O–H groups in total. The Morgan fingerprint density at radius 1 is 0.805 bits per heavy atom. The molecular formula is C27H33Cl2N2O6S4+. The van der Waals surface area contributed by atoms with E-state index in [1.54, 1.807) is 23.1 Å². The Balaban J connectivity index is 1.92. The number of rotatable bonds is 9. The van der Waals surface area contributed by atoms with Gasteiger partial charge in [0.15, 0.2) is 6.54 Å². The van der Waals surface area contributed by atoms with Gasteiger partial charge in [0, 0.05) is 28.4 Å². The number of hydrogen-bond donors (Lipinski definition) is 2. The fourth-order valence-corrected chi connectivity index (χ4v) is 9.35. The quantitative estimate of drug-likeness (QED) is 0.187. The van der Waals surface area contributed by atoms with E-state index in [0.29, 0.717) is 23.1 Å². The smallest absolute Gasteiger partial charge is 0.265 e. The molecule has 0 fully saturated rings. The summed E-state index contributed by atoms with van der Waals surface area (Å²) in [5.41, 5.74) is 7.63. The SMILES string of the molecule is Cc1c(C)c2c(c(C)c1Cl)N(CCCS(=O)(=O)O)C(=Cc1sc3c(C)c(C)c(Cl)c(C)c3[n+]1CCCS(=O)(=O)O)S2. The molecule has 0 bridgehead atoms. The maximum absolute atomic E-state index is 11.5. The van der Waals surface area contributed by atoms with Gasteiger partial charge in [0.25, 0.3) is 25.2 Å². The van der Waals surface area contributed by atoms with E-state index in [1.807, 2.05) is 57.1 Å². The normalized spacial score (nSPS) is 15.0. The number of halogens is 2. The van der Waals surface area contributed by atoms with E-state index in [0.717, 1.165) is 64.2 Å². The lowest BCUT2D eigenvalue weighted by atomic mass is 10.0. The molecule has 0 amide bonds. The van der Waals surface area contributed by atoms with Crippen LogP contribution in [0.3, 0.4) is 0 Å². The molecule has 1 aliphatic heterocycles. The molecule has 0 aliphatic carbocycles. The third kappa shape index (κ3) is 6.59. The summed E-state index contributed by atoms with van der Waals surface area (Å²) in [7, 11) is -8.26. The topological polar surface area (TPSA) is 116 Å². The van der Waals surface area contributed by atoms with E-state index >= 15 is 0 Å². The van der Waals surface area contributed by atoms with Gasteiger partial charge in [-0.2, -0.15) is 21.4 Å². The zero-order chi connectivity index (χ0) is 30.6. The first-order valence-electron chi connectivity index (χ1n) is 12.9. The van der Waals surface area contributed by atoms with Gasteiger partial charge in [-0.05, 0) is 75.8 Å². The van der Waals surface area contributed by atoms with Crippen LogP contribution < -0.4 is 9.47 Å². The summed E-state index contributed by atoms with van der Waals surface area (Å²) in [5.74, 6) is -0.744. The van der Waals surface area contributed by atoms with Crippen molar-refractivity contribution in [2.24, 2.45) is 0 Å². The molecule has 0 spiro atoms. The van der Waals surface area contributed by atoms with Gasteiger partial charge < -0.3 is 4.90 Å². The Labute approximate surface area is 259 Å². The average Bonchev–Trinajstić information content (AvgIpc) is 3.41. The standard InChI is InChI=1S/C27H32Cl2N2O6S4/c1-14-16(3)26-24(18(5)22(14)28)30(9-7-11-40(32,33)34)20(38-26)13-21-31(10-8-12-41(35,36)37)25-19(6)23(29)15(2)17(4)27(25)39-21/h13H,7-12H2,1-6H3,(H-,32,33,34,35,36,37)/p+1. The summed E-state index contributed by atoms with van der Waals surface area (Å²) in [5, 5.41) is 3.02. The number of nitrogens with zero attached hydrogens (tertiary/aromatic N) is 2. The molecule has 0 saturated carbocycles. The second-order valence-corrected chi connectivity index (χ2v) is 16.3. The molecule has 1 aromatic heterocycles. The first-order chi connectivity index (χ1) is 18.9. The number of anilines is 1. The second-order valence-electron chi connectivity index (χ2n) is 10.3. The lowest BCUT2D eigenvalue weighted by molar-refractivity contribution is -0.668. The Kier molecular flexibility index (Phi) is 9.48. The van der Waals surface area contributed by atoms with Crippen molar-refractivity contribution in [3.63, 3.8) is 0 Å². The first kappa shape index (κ1) is 32.5. The Bertz CT molecular complexity index is 1820. The summed E-state index contributed by atoms with van der Waals surface area (Å²) in [4.78, 5) is 3.08. The number of hydrogen-bond acceptors (Lipinski definition) is 7. The van der Waals surface area contributed by atoms with Gasteiger partial charge in [-0.25, -0.2) is 0 Å². The zero-order valence-corrected chi connectivity index (χ0v) is 28.4. The predicted molar refractivity (Wildman–Crippen MR) is 170 cm³/mol. The van der Waals surface area contributed by atoms with Crippen molar-refractivity contribution >= 4 is 88.5 Å². The van der Waals surface area contributed by atoms with Crippen molar-refractivity contribution in [1.29, 1.82) is 0 Å². The van der Waals surface area contributed by atoms with Gasteiger partial charge in [0.2, 0.25) is 5.52 Å². The van der Waals surface area contributed by atoms with Crippen molar-refractivity contribution in [1.82, 2.24) is 0 Å². The summed E-state index contributed by atoms with van der Waals surface area (Å²) in [6, 6.07) is 0. The minimum Gasteiger partial charge on any atom is -0.334 e. The average molecular weight is 681 g/mol. The van der Waals surface area contributed by atoms with Crippen LogP contribution in [0.2, 0.25) is 10.0 Å². The van der Waals surface area contributed by atoms with E-state index in [9.17, 15) is 25.9 Å². The third-order valence-electron chi connectivity index (χ3n) is 7.56. The van der Waals surface area contributed by atoms with Crippen LogP contribution in [0.15, 0.2) is 9.92 Å². The van der Waals surface area contributed by atoms with Gasteiger partial charge >= 0.3 is 0 Å². The van der Waals surface area contributed by atoms with Crippen molar-refractivity contribution in [2.75, 3.05) is 23.0 Å². The van der Waals surface area contributed by atoms with Crippen LogP contribution in [0.5, 0.6) is 0 Å². The maximum Gasteiger partial charge on any atom is 0.265 e. The van der Waals surface area contributed by atoms with E-state index < -0.39 is 20.2 Å². The molecule has 3 aromatic rings. The van der Waals surface area contributed by atoms with E-state index in [-0.39, 0.29) is 24.3 Å². The molecule has 0 unspecified atom stereocenters. The van der Waals surface area contributed by atoms with Gasteiger partial charge in [0.05, 0.1) is 33.3 Å². The van der Waals surface area contributed by atoms with Crippen LogP contribution in [0.25, 0.3) is 16.3 Å². The number of aryl methyl sites for hydroxylation is 3. The molecule has 4 rings (SSSR count). The molecule has 41 heavy (non-hydrogen) atoms. The fraction of sp³-hybridized carbons (Fsp3) is 0.444. The van der Waals surface area contributed by atoms with Crippen molar-refractivity contribution in [3.05, 3.63) is 53.5 Å². The largest absolute Gasteiger partial charge is 0.334 e. The molecule has 2 aromatic carbocycles. The summed E-state index contributed by atoms with van der Waals surface area (Å²) >= 11 is 16.6. The van der Waals surface area contributed by atoms with Gasteiger partial charge in [-0.3, -0.25) is 9.11 Å². The lowest BCUT2D eigenvalue weighted by Crippen LogP contribution is -2.37. The van der Waals surface area contributed by atoms with Crippen molar-refractivity contribution in [2.45, 2.75) is 65.8 Å². The number of thioether (sulfide) groups is 1.